The molecule has 2 rings (SSSR count). The maximum absolute atomic E-state index is 12.6. The van der Waals surface area contributed by atoms with Crippen molar-refractivity contribution in [2.45, 2.75) is 17.9 Å². The van der Waals surface area contributed by atoms with Gasteiger partial charge in [0.2, 0.25) is 0 Å². The minimum Gasteiger partial charge on any atom is -0.481 e. The van der Waals surface area contributed by atoms with Crippen LogP contribution in [0.5, 0.6) is 0 Å². The minimum absolute atomic E-state index is 0.0135. The Morgan fingerprint density at radius 2 is 2.20 bits per heavy atom. The second-order valence-electron chi connectivity index (χ2n) is 3.77. The van der Waals surface area contributed by atoms with Crippen molar-refractivity contribution >= 4 is 40.5 Å². The third-order valence-corrected chi connectivity index (χ3v) is 3.35. The third-order valence-electron chi connectivity index (χ3n) is 2.18. The van der Waals surface area contributed by atoms with Gasteiger partial charge in [0.25, 0.3) is 0 Å². The van der Waals surface area contributed by atoms with Gasteiger partial charge >= 0.3 is 12.1 Å². The number of aliphatic carboxylic acids is 1. The van der Waals surface area contributed by atoms with Gasteiger partial charge in [0, 0.05) is 6.20 Å². The standard InChI is InChI=1S/C10H7ClF3N3O2S/c11-5-1-6-8(15-2-5)17(4-10(12,13)14)9(16-6)20-3-7(18)19/h1-2H,3-4H2,(H,18,19). The van der Waals surface area contributed by atoms with Crippen LogP contribution in [0.15, 0.2) is 17.4 Å². The van der Waals surface area contributed by atoms with Gasteiger partial charge in [-0.3, -0.25) is 9.36 Å². The van der Waals surface area contributed by atoms with Gasteiger partial charge in [-0.15, -0.1) is 0 Å². The Labute approximate surface area is 119 Å². The van der Waals surface area contributed by atoms with Crippen LogP contribution in [0.3, 0.4) is 0 Å². The number of fused-ring (bicyclic) bond motifs is 1. The predicted octanol–water partition coefficient (Wildman–Crippen LogP) is 2.82. The summed E-state index contributed by atoms with van der Waals surface area (Å²) in [5.74, 6) is -1.54. The molecule has 0 aromatic carbocycles. The number of alkyl halides is 3. The third kappa shape index (κ3) is 3.54. The number of nitrogens with zero attached hydrogens (tertiary/aromatic N) is 3. The first-order valence-electron chi connectivity index (χ1n) is 5.19. The molecule has 5 nitrogen and oxygen atoms in total. The number of carbonyl (C=O) groups is 1. The Morgan fingerprint density at radius 3 is 2.80 bits per heavy atom. The Hall–Kier alpha value is -1.48. The summed E-state index contributed by atoms with van der Waals surface area (Å²) >= 11 is 6.40. The zero-order valence-corrected chi connectivity index (χ0v) is 11.3. The molecule has 0 atom stereocenters. The number of carboxylic acid groups (broad SMARTS) is 1. The van der Waals surface area contributed by atoms with E-state index in [1.807, 2.05) is 0 Å². The smallest absolute Gasteiger partial charge is 0.406 e. The SMILES string of the molecule is O=C(O)CSc1nc2cc(Cl)cnc2n1CC(F)(F)F. The van der Waals surface area contributed by atoms with Gasteiger partial charge < -0.3 is 5.11 Å². The van der Waals surface area contributed by atoms with Crippen LogP contribution in [0.25, 0.3) is 11.2 Å². The van der Waals surface area contributed by atoms with Gasteiger partial charge in [-0.1, -0.05) is 23.4 Å². The second kappa shape index (κ2) is 5.49. The van der Waals surface area contributed by atoms with Crippen LogP contribution in [-0.2, 0) is 11.3 Å². The van der Waals surface area contributed by atoms with E-state index in [1.54, 1.807) is 0 Å². The molecule has 0 aliphatic carbocycles. The highest BCUT2D eigenvalue weighted by atomic mass is 35.5. The summed E-state index contributed by atoms with van der Waals surface area (Å²) in [6, 6.07) is 1.38. The summed E-state index contributed by atoms with van der Waals surface area (Å²) in [4.78, 5) is 18.3. The number of rotatable bonds is 4. The quantitative estimate of drug-likeness (QED) is 0.875. The first-order valence-corrected chi connectivity index (χ1v) is 6.56. The van der Waals surface area contributed by atoms with E-state index < -0.39 is 24.4 Å². The molecule has 0 radical (unpaired) electrons. The van der Waals surface area contributed by atoms with Crippen molar-refractivity contribution in [2.75, 3.05) is 5.75 Å². The van der Waals surface area contributed by atoms with E-state index in [0.29, 0.717) is 11.8 Å². The molecule has 10 heteroatoms. The van der Waals surface area contributed by atoms with Gasteiger partial charge in [0.15, 0.2) is 10.8 Å². The lowest BCUT2D eigenvalue weighted by molar-refractivity contribution is -0.141. The number of carboxylic acids is 1. The zero-order valence-electron chi connectivity index (χ0n) is 9.69. The monoisotopic (exact) mass is 325 g/mol. The van der Waals surface area contributed by atoms with Crippen molar-refractivity contribution in [3.63, 3.8) is 0 Å². The maximum atomic E-state index is 12.6. The second-order valence-corrected chi connectivity index (χ2v) is 5.15. The molecule has 1 N–H and O–H groups in total. The van der Waals surface area contributed by atoms with Gasteiger partial charge in [-0.05, 0) is 6.07 Å². The van der Waals surface area contributed by atoms with E-state index in [-0.39, 0.29) is 21.3 Å². The molecule has 0 aliphatic rings. The molecule has 0 fully saturated rings. The summed E-state index contributed by atoms with van der Waals surface area (Å²) in [6.07, 6.45) is -3.25. The fourth-order valence-corrected chi connectivity index (χ4v) is 2.40. The van der Waals surface area contributed by atoms with Crippen LogP contribution in [0.1, 0.15) is 0 Å². The number of halogens is 4. The lowest BCUT2D eigenvalue weighted by atomic mass is 10.4. The lowest BCUT2D eigenvalue weighted by Crippen LogP contribution is -2.18. The first kappa shape index (κ1) is 14.9. The molecule has 2 aromatic heterocycles. The highest BCUT2D eigenvalue weighted by Gasteiger charge is 2.31. The molecular formula is C10H7ClF3N3O2S. The average Bonchev–Trinajstić information content (AvgIpc) is 2.62. The largest absolute Gasteiger partial charge is 0.481 e. The van der Waals surface area contributed by atoms with Gasteiger partial charge in [-0.25, -0.2) is 9.97 Å². The topological polar surface area (TPSA) is 68.0 Å². The van der Waals surface area contributed by atoms with Gasteiger partial charge in [0.1, 0.15) is 12.1 Å². The molecule has 0 saturated carbocycles. The summed E-state index contributed by atoms with van der Waals surface area (Å²) in [5.41, 5.74) is 0.203. The highest BCUT2D eigenvalue weighted by molar-refractivity contribution is 7.99. The van der Waals surface area contributed by atoms with E-state index in [4.69, 9.17) is 16.7 Å². The van der Waals surface area contributed by atoms with Crippen LogP contribution in [0, 0.1) is 0 Å². The molecule has 20 heavy (non-hydrogen) atoms. The van der Waals surface area contributed by atoms with Crippen molar-refractivity contribution < 1.29 is 23.1 Å². The molecule has 0 saturated heterocycles. The van der Waals surface area contributed by atoms with Crippen molar-refractivity contribution in [1.82, 2.24) is 14.5 Å². The first-order chi connectivity index (χ1) is 9.26. The van der Waals surface area contributed by atoms with E-state index >= 15 is 0 Å². The number of aromatic nitrogens is 3. The van der Waals surface area contributed by atoms with Crippen molar-refractivity contribution in [1.29, 1.82) is 0 Å². The number of imidazole rings is 1. The Kier molecular flexibility index (Phi) is 4.09. The molecule has 0 spiro atoms. The number of thioether (sulfide) groups is 1. The van der Waals surface area contributed by atoms with Crippen molar-refractivity contribution in [3.8, 4) is 0 Å². The molecule has 0 unspecified atom stereocenters. The summed E-state index contributed by atoms with van der Waals surface area (Å²) in [5, 5.41) is 8.78. The van der Waals surface area contributed by atoms with E-state index in [9.17, 15) is 18.0 Å². The average molecular weight is 326 g/mol. The zero-order chi connectivity index (χ0) is 14.9. The number of hydrogen-bond acceptors (Lipinski definition) is 4. The summed E-state index contributed by atoms with van der Waals surface area (Å²) in [6.45, 7) is -1.29. The Balaban J connectivity index is 2.47. The van der Waals surface area contributed by atoms with E-state index in [1.165, 1.54) is 12.3 Å². The van der Waals surface area contributed by atoms with Crippen molar-refractivity contribution in [2.24, 2.45) is 0 Å². The molecule has 0 bridgehead atoms. The minimum atomic E-state index is -4.46. The molecule has 0 aliphatic heterocycles. The van der Waals surface area contributed by atoms with Crippen LogP contribution < -0.4 is 0 Å². The summed E-state index contributed by atoms with van der Waals surface area (Å²) in [7, 11) is 0. The van der Waals surface area contributed by atoms with Crippen LogP contribution >= 0.6 is 23.4 Å². The fourth-order valence-electron chi connectivity index (χ4n) is 1.52. The van der Waals surface area contributed by atoms with Crippen LogP contribution in [-0.4, -0.2) is 37.5 Å². The number of pyridine rings is 1. The Morgan fingerprint density at radius 1 is 1.50 bits per heavy atom. The molecule has 2 aromatic rings. The molecule has 108 valence electrons. The fraction of sp³-hybridized carbons (Fsp3) is 0.300. The molecular weight excluding hydrogens is 319 g/mol. The molecule has 2 heterocycles. The Bertz CT molecular complexity index is 659. The van der Waals surface area contributed by atoms with E-state index in [2.05, 4.69) is 9.97 Å². The van der Waals surface area contributed by atoms with Gasteiger partial charge in [-0.2, -0.15) is 13.2 Å². The van der Waals surface area contributed by atoms with Gasteiger partial charge in [0.05, 0.1) is 10.8 Å². The number of hydrogen-bond donors (Lipinski definition) is 1. The van der Waals surface area contributed by atoms with Crippen LogP contribution in [0.4, 0.5) is 13.2 Å². The van der Waals surface area contributed by atoms with E-state index in [0.717, 1.165) is 4.57 Å². The van der Waals surface area contributed by atoms with Crippen LogP contribution in [0.2, 0.25) is 5.02 Å². The lowest BCUT2D eigenvalue weighted by Gasteiger charge is -2.10. The predicted molar refractivity (Wildman–Crippen MR) is 67.0 cm³/mol. The van der Waals surface area contributed by atoms with Crippen molar-refractivity contribution in [3.05, 3.63) is 17.3 Å². The normalized spacial score (nSPS) is 12.0. The maximum Gasteiger partial charge on any atom is 0.406 e. The molecule has 0 amide bonds. The highest BCUT2D eigenvalue weighted by Crippen LogP contribution is 2.28. The summed E-state index contributed by atoms with van der Waals surface area (Å²) < 4.78 is 38.6.